The Kier molecular flexibility index (Phi) is 5.14. The van der Waals surface area contributed by atoms with Gasteiger partial charge in [0.05, 0.1) is 24.9 Å². The predicted molar refractivity (Wildman–Crippen MR) is 126 cm³/mol. The van der Waals surface area contributed by atoms with Crippen LogP contribution in [-0.4, -0.2) is 37.3 Å². The Labute approximate surface area is 192 Å². The fourth-order valence-electron chi connectivity index (χ4n) is 5.19. The van der Waals surface area contributed by atoms with Crippen molar-refractivity contribution >= 4 is 39.8 Å². The van der Waals surface area contributed by atoms with E-state index in [-0.39, 0.29) is 0 Å². The third-order valence-electron chi connectivity index (χ3n) is 6.82. The fraction of sp³-hybridized carbons (Fsp3) is 0.417. The summed E-state index contributed by atoms with van der Waals surface area (Å²) in [6.07, 6.45) is 7.08. The van der Waals surface area contributed by atoms with Gasteiger partial charge in [0.1, 0.15) is 22.5 Å². The fourth-order valence-corrected chi connectivity index (χ4v) is 5.72. The Morgan fingerprint density at radius 1 is 1.00 bits per heavy atom. The lowest BCUT2D eigenvalue weighted by Gasteiger charge is -2.49. The zero-order chi connectivity index (χ0) is 21.8. The number of aromatic nitrogens is 2. The van der Waals surface area contributed by atoms with Crippen LogP contribution in [0.25, 0.3) is 22.0 Å². The van der Waals surface area contributed by atoms with Crippen LogP contribution in [0.15, 0.2) is 24.4 Å². The van der Waals surface area contributed by atoms with Crippen molar-refractivity contribution in [3.63, 3.8) is 0 Å². The molecule has 1 aromatic carbocycles. The van der Waals surface area contributed by atoms with Gasteiger partial charge in [-0.1, -0.05) is 36.0 Å². The molecule has 0 radical (unpaired) electrons. The first-order valence-electron chi connectivity index (χ1n) is 10.6. The summed E-state index contributed by atoms with van der Waals surface area (Å²) >= 11 is 13.0. The van der Waals surface area contributed by atoms with Crippen molar-refractivity contribution in [2.45, 2.75) is 32.6 Å². The van der Waals surface area contributed by atoms with Crippen molar-refractivity contribution in [2.75, 3.05) is 32.2 Å². The summed E-state index contributed by atoms with van der Waals surface area (Å²) in [4.78, 5) is 11.8. The lowest BCUT2D eigenvalue weighted by molar-refractivity contribution is 0.221. The maximum atomic E-state index is 6.76. The van der Waals surface area contributed by atoms with Crippen molar-refractivity contribution in [2.24, 2.45) is 5.41 Å². The van der Waals surface area contributed by atoms with Gasteiger partial charge in [0.25, 0.3) is 0 Å². The largest absolute Gasteiger partial charge is 0.496 e. The highest BCUT2D eigenvalue weighted by atomic mass is 35.5. The summed E-state index contributed by atoms with van der Waals surface area (Å²) < 4.78 is 11.1. The molecule has 1 spiro atoms. The Morgan fingerprint density at radius 2 is 1.71 bits per heavy atom. The highest BCUT2D eigenvalue weighted by Gasteiger charge is 2.45. The van der Waals surface area contributed by atoms with Crippen LogP contribution in [0.2, 0.25) is 10.2 Å². The summed E-state index contributed by atoms with van der Waals surface area (Å²) in [5.74, 6) is 2.21. The maximum Gasteiger partial charge on any atom is 0.141 e. The Bertz CT molecular complexity index is 1140. The van der Waals surface area contributed by atoms with E-state index in [1.165, 1.54) is 25.7 Å². The number of hydrogen-bond donors (Lipinski definition) is 0. The van der Waals surface area contributed by atoms with Crippen molar-refractivity contribution in [3.05, 3.63) is 40.1 Å². The number of benzene rings is 1. The van der Waals surface area contributed by atoms with Gasteiger partial charge in [0, 0.05) is 52.7 Å². The van der Waals surface area contributed by atoms with Crippen molar-refractivity contribution in [1.29, 1.82) is 0 Å². The van der Waals surface area contributed by atoms with E-state index in [2.05, 4.69) is 9.88 Å². The minimum Gasteiger partial charge on any atom is -0.496 e. The zero-order valence-corrected chi connectivity index (χ0v) is 19.5. The van der Waals surface area contributed by atoms with Crippen molar-refractivity contribution < 1.29 is 9.47 Å². The molecule has 0 atom stereocenters. The summed E-state index contributed by atoms with van der Waals surface area (Å²) in [6, 6.07) is 5.73. The number of anilines is 1. The first-order chi connectivity index (χ1) is 14.9. The smallest absolute Gasteiger partial charge is 0.141 e. The van der Waals surface area contributed by atoms with Crippen LogP contribution >= 0.6 is 23.2 Å². The highest BCUT2D eigenvalue weighted by Crippen LogP contribution is 2.49. The zero-order valence-electron chi connectivity index (χ0n) is 18.0. The van der Waals surface area contributed by atoms with Crippen molar-refractivity contribution in [1.82, 2.24) is 9.97 Å². The van der Waals surface area contributed by atoms with Gasteiger partial charge in [-0.25, -0.2) is 9.97 Å². The van der Waals surface area contributed by atoms with Gasteiger partial charge in [-0.05, 0) is 31.9 Å². The standard InChI is InChI=1S/C24H25Cl2N3O2/c1-14-18(30-2)10-19(31-3)22(26)21(14)17-8-15-11-27-20(25)9-16(15)23(28-17)29-12-24(13-29)6-4-5-7-24/h8-11H,4-7,12-13H2,1-3H3. The van der Waals surface area contributed by atoms with Crippen molar-refractivity contribution in [3.8, 4) is 22.8 Å². The summed E-state index contributed by atoms with van der Waals surface area (Å²) in [5.41, 5.74) is 2.96. The van der Waals surface area contributed by atoms with Gasteiger partial charge in [0.15, 0.2) is 0 Å². The molecule has 1 aliphatic heterocycles. The van der Waals surface area contributed by atoms with Crippen LogP contribution in [-0.2, 0) is 0 Å². The first kappa shape index (κ1) is 20.7. The molecule has 0 unspecified atom stereocenters. The molecule has 5 nitrogen and oxygen atoms in total. The predicted octanol–water partition coefficient (Wildman–Crippen LogP) is 6.31. The molecule has 1 aliphatic carbocycles. The van der Waals surface area contributed by atoms with Gasteiger partial charge in [0.2, 0.25) is 0 Å². The average molecular weight is 458 g/mol. The summed E-state index contributed by atoms with van der Waals surface area (Å²) in [5, 5.41) is 2.99. The summed E-state index contributed by atoms with van der Waals surface area (Å²) in [7, 11) is 3.25. The third kappa shape index (κ3) is 3.39. The summed E-state index contributed by atoms with van der Waals surface area (Å²) in [6.45, 7) is 4.06. The average Bonchev–Trinajstić information content (AvgIpc) is 3.23. The van der Waals surface area contributed by atoms with Crippen LogP contribution < -0.4 is 14.4 Å². The van der Waals surface area contributed by atoms with E-state index in [4.69, 9.17) is 37.7 Å². The van der Waals surface area contributed by atoms with Crippen LogP contribution in [0, 0.1) is 12.3 Å². The quantitative estimate of drug-likeness (QED) is 0.429. The van der Waals surface area contributed by atoms with E-state index < -0.39 is 0 Å². The van der Waals surface area contributed by atoms with E-state index in [9.17, 15) is 0 Å². The number of rotatable bonds is 4. The van der Waals surface area contributed by atoms with Gasteiger partial charge < -0.3 is 14.4 Å². The molecular formula is C24H25Cl2N3O2. The molecule has 0 N–H and O–H groups in total. The third-order valence-corrected chi connectivity index (χ3v) is 7.40. The molecule has 2 aliphatic rings. The molecule has 3 heterocycles. The molecular weight excluding hydrogens is 433 g/mol. The van der Waals surface area contributed by atoms with Gasteiger partial charge in [-0.15, -0.1) is 0 Å². The van der Waals surface area contributed by atoms with Crippen LogP contribution in [0.5, 0.6) is 11.5 Å². The Morgan fingerprint density at radius 3 is 2.39 bits per heavy atom. The first-order valence-corrected chi connectivity index (χ1v) is 11.3. The van der Waals surface area contributed by atoms with E-state index in [0.29, 0.717) is 27.1 Å². The van der Waals surface area contributed by atoms with E-state index in [1.807, 2.05) is 25.1 Å². The molecule has 5 rings (SSSR count). The Balaban J connectivity index is 1.69. The molecule has 2 aromatic heterocycles. The van der Waals surface area contributed by atoms with Gasteiger partial charge in [-0.3, -0.25) is 0 Å². The minimum atomic E-state index is 0.452. The topological polar surface area (TPSA) is 47.5 Å². The molecule has 31 heavy (non-hydrogen) atoms. The second-order valence-electron chi connectivity index (χ2n) is 8.72. The van der Waals surface area contributed by atoms with Gasteiger partial charge >= 0.3 is 0 Å². The van der Waals surface area contributed by atoms with Gasteiger partial charge in [-0.2, -0.15) is 0 Å². The number of methoxy groups -OCH3 is 2. The number of fused-ring (bicyclic) bond motifs is 1. The van der Waals surface area contributed by atoms with Crippen LogP contribution in [0.3, 0.4) is 0 Å². The normalized spacial score (nSPS) is 17.3. The second kappa shape index (κ2) is 7.72. The van der Waals surface area contributed by atoms with E-state index in [1.54, 1.807) is 20.4 Å². The Hall–Kier alpha value is -2.24. The number of pyridine rings is 2. The van der Waals surface area contributed by atoms with E-state index >= 15 is 0 Å². The molecule has 0 amide bonds. The maximum absolute atomic E-state index is 6.76. The molecule has 7 heteroatoms. The highest BCUT2D eigenvalue weighted by molar-refractivity contribution is 6.35. The number of hydrogen-bond acceptors (Lipinski definition) is 5. The number of ether oxygens (including phenoxy) is 2. The van der Waals surface area contributed by atoms with Crippen LogP contribution in [0.1, 0.15) is 31.2 Å². The molecule has 2 fully saturated rings. The number of halogens is 2. The number of nitrogens with zero attached hydrogens (tertiary/aromatic N) is 3. The van der Waals surface area contributed by atoms with E-state index in [0.717, 1.165) is 46.5 Å². The molecule has 1 saturated heterocycles. The molecule has 0 bridgehead atoms. The van der Waals surface area contributed by atoms with Crippen LogP contribution in [0.4, 0.5) is 5.82 Å². The lowest BCUT2D eigenvalue weighted by Crippen LogP contribution is -2.55. The lowest BCUT2D eigenvalue weighted by atomic mass is 9.78. The second-order valence-corrected chi connectivity index (χ2v) is 9.48. The monoisotopic (exact) mass is 457 g/mol. The molecule has 3 aromatic rings. The molecule has 1 saturated carbocycles. The SMILES string of the molecule is COc1cc(OC)c(Cl)c(-c2cc3cnc(Cl)cc3c(N3CC4(CCCC4)C3)n2)c1C. The minimum absolute atomic E-state index is 0.452. The molecule has 162 valence electrons.